The highest BCUT2D eigenvalue weighted by Crippen LogP contribution is 2.22. The lowest BCUT2D eigenvalue weighted by atomic mass is 10.1. The number of aliphatic carboxylic acids is 1. The molecule has 1 aromatic rings. The molecular weight excluding hydrogens is 314 g/mol. The summed E-state index contributed by atoms with van der Waals surface area (Å²) in [4.78, 5) is 42.1. The predicted octanol–water partition coefficient (Wildman–Crippen LogP) is 1.40. The second-order valence-electron chi connectivity index (χ2n) is 6.51. The lowest BCUT2D eigenvalue weighted by Gasteiger charge is -2.40. The van der Waals surface area contributed by atoms with Gasteiger partial charge in [0.25, 0.3) is 0 Å². The summed E-state index contributed by atoms with van der Waals surface area (Å²) in [5.74, 6) is -0.711. The van der Waals surface area contributed by atoms with E-state index in [1.807, 2.05) is 0 Å². The molecule has 24 heavy (non-hydrogen) atoms. The highest BCUT2D eigenvalue weighted by atomic mass is 16.6. The highest BCUT2D eigenvalue weighted by molar-refractivity contribution is 5.84. The maximum Gasteiger partial charge on any atom is 0.411 e. The highest BCUT2D eigenvalue weighted by Gasteiger charge is 2.38. The summed E-state index contributed by atoms with van der Waals surface area (Å²) in [6.07, 6.45) is 1.56. The fraction of sp³-hybridized carbons (Fsp3) is 0.500. The molecule has 130 valence electrons. The van der Waals surface area contributed by atoms with Crippen LogP contribution in [0.4, 0.5) is 10.6 Å². The number of rotatable bonds is 3. The van der Waals surface area contributed by atoms with Crippen LogP contribution in [0.15, 0.2) is 18.3 Å². The molecule has 1 aliphatic heterocycles. The van der Waals surface area contributed by atoms with Crippen molar-refractivity contribution in [1.82, 2.24) is 9.88 Å². The fourth-order valence-corrected chi connectivity index (χ4v) is 2.49. The first-order valence-electron chi connectivity index (χ1n) is 7.60. The Kier molecular flexibility index (Phi) is 5.06. The smallest absolute Gasteiger partial charge is 0.411 e. The number of carbonyl (C=O) groups is 3. The second-order valence-corrected chi connectivity index (χ2v) is 6.51. The van der Waals surface area contributed by atoms with Crippen LogP contribution in [0.3, 0.4) is 0 Å². The van der Waals surface area contributed by atoms with Crippen LogP contribution in [0.2, 0.25) is 0 Å². The number of nitrogens with zero attached hydrogens (tertiary/aromatic N) is 3. The first-order chi connectivity index (χ1) is 11.2. The van der Waals surface area contributed by atoms with Gasteiger partial charge in [0, 0.05) is 19.3 Å². The largest absolute Gasteiger partial charge is 0.480 e. The van der Waals surface area contributed by atoms with Gasteiger partial charge in [0.1, 0.15) is 17.5 Å². The molecular formula is C16H21N3O5. The quantitative estimate of drug-likeness (QED) is 0.833. The van der Waals surface area contributed by atoms with E-state index in [4.69, 9.17) is 4.74 Å². The number of hydrogen-bond donors (Lipinski definition) is 1. The number of piperazine rings is 1. The summed E-state index contributed by atoms with van der Waals surface area (Å²) in [5.41, 5.74) is -0.324. The van der Waals surface area contributed by atoms with Gasteiger partial charge in [0.2, 0.25) is 0 Å². The van der Waals surface area contributed by atoms with Crippen molar-refractivity contribution in [2.45, 2.75) is 32.4 Å². The average molecular weight is 335 g/mol. The van der Waals surface area contributed by atoms with Gasteiger partial charge in [-0.05, 0) is 32.9 Å². The van der Waals surface area contributed by atoms with Crippen LogP contribution >= 0.6 is 0 Å². The van der Waals surface area contributed by atoms with Crippen LogP contribution in [0, 0.1) is 0 Å². The third kappa shape index (κ3) is 4.01. The van der Waals surface area contributed by atoms with Gasteiger partial charge < -0.3 is 14.7 Å². The molecule has 1 fully saturated rings. The molecule has 0 saturated carbocycles. The lowest BCUT2D eigenvalue weighted by Crippen LogP contribution is -2.59. The molecule has 0 unspecified atom stereocenters. The van der Waals surface area contributed by atoms with E-state index in [2.05, 4.69) is 4.98 Å². The van der Waals surface area contributed by atoms with Crippen LogP contribution < -0.4 is 4.90 Å². The van der Waals surface area contributed by atoms with E-state index in [-0.39, 0.29) is 13.1 Å². The van der Waals surface area contributed by atoms with E-state index in [0.717, 1.165) is 0 Å². The number of carbonyl (C=O) groups excluding carboxylic acids is 2. The van der Waals surface area contributed by atoms with Gasteiger partial charge >= 0.3 is 12.1 Å². The number of carboxylic acid groups (broad SMARTS) is 1. The van der Waals surface area contributed by atoms with Crippen molar-refractivity contribution >= 4 is 24.2 Å². The number of ether oxygens (including phenoxy) is 1. The average Bonchev–Trinajstić information content (AvgIpc) is 2.52. The number of pyridine rings is 1. The molecule has 8 nitrogen and oxygen atoms in total. The molecule has 1 aromatic heterocycles. The summed E-state index contributed by atoms with van der Waals surface area (Å²) in [6, 6.07) is 2.18. The summed E-state index contributed by atoms with van der Waals surface area (Å²) in [5, 5.41) is 9.48. The monoisotopic (exact) mass is 335 g/mol. The van der Waals surface area contributed by atoms with Crippen LogP contribution in [-0.4, -0.2) is 64.6 Å². The zero-order chi connectivity index (χ0) is 17.9. The van der Waals surface area contributed by atoms with E-state index in [1.54, 1.807) is 44.0 Å². The standard InChI is InChI=1S/C16H21N3O5/c1-16(2,3)24-15(23)19-8-7-18(9-12(19)14(21)22)13-11(10-20)5-4-6-17-13/h4-6,10,12H,7-9H2,1-3H3,(H,21,22)/t12-/m0/s1. The summed E-state index contributed by atoms with van der Waals surface area (Å²) >= 11 is 0. The van der Waals surface area contributed by atoms with Gasteiger partial charge in [0.05, 0.1) is 12.1 Å². The van der Waals surface area contributed by atoms with Crippen molar-refractivity contribution in [3.8, 4) is 0 Å². The Labute approximate surface area is 140 Å². The number of hydrogen-bond acceptors (Lipinski definition) is 6. The Morgan fingerprint density at radius 2 is 2.08 bits per heavy atom. The van der Waals surface area contributed by atoms with Gasteiger partial charge in [-0.3, -0.25) is 9.69 Å². The maximum absolute atomic E-state index is 12.2. The van der Waals surface area contributed by atoms with Gasteiger partial charge in [-0.2, -0.15) is 0 Å². The van der Waals surface area contributed by atoms with Crippen LogP contribution in [0.5, 0.6) is 0 Å². The number of amides is 1. The minimum absolute atomic E-state index is 0.0342. The molecule has 2 heterocycles. The molecule has 1 atom stereocenters. The minimum atomic E-state index is -1.13. The Morgan fingerprint density at radius 3 is 2.67 bits per heavy atom. The first kappa shape index (κ1) is 17.7. The molecule has 1 N–H and O–H groups in total. The molecule has 0 radical (unpaired) electrons. The number of aromatic nitrogens is 1. The zero-order valence-electron chi connectivity index (χ0n) is 13.9. The number of aldehydes is 1. The van der Waals surface area contributed by atoms with Gasteiger partial charge in [0.15, 0.2) is 6.29 Å². The molecule has 2 rings (SSSR count). The van der Waals surface area contributed by atoms with E-state index in [1.165, 1.54) is 4.90 Å². The molecule has 1 aliphatic rings. The van der Waals surface area contributed by atoms with Crippen molar-refractivity contribution in [1.29, 1.82) is 0 Å². The second kappa shape index (κ2) is 6.86. The van der Waals surface area contributed by atoms with Crippen molar-refractivity contribution < 1.29 is 24.2 Å². The van der Waals surface area contributed by atoms with E-state index in [9.17, 15) is 19.5 Å². The molecule has 1 amide bonds. The topological polar surface area (TPSA) is 100 Å². The summed E-state index contributed by atoms with van der Waals surface area (Å²) in [6.45, 7) is 5.73. The van der Waals surface area contributed by atoms with Crippen LogP contribution in [0.25, 0.3) is 0 Å². The minimum Gasteiger partial charge on any atom is -0.480 e. The Morgan fingerprint density at radius 1 is 1.38 bits per heavy atom. The van der Waals surface area contributed by atoms with Gasteiger partial charge in [-0.15, -0.1) is 0 Å². The van der Waals surface area contributed by atoms with Gasteiger partial charge in [-0.1, -0.05) is 0 Å². The van der Waals surface area contributed by atoms with Crippen LogP contribution in [0.1, 0.15) is 31.1 Å². The molecule has 8 heteroatoms. The number of anilines is 1. The SMILES string of the molecule is CC(C)(C)OC(=O)N1CCN(c2ncccc2C=O)C[C@H]1C(=O)O. The Hall–Kier alpha value is -2.64. The van der Waals surface area contributed by atoms with Crippen molar-refractivity contribution in [2.24, 2.45) is 0 Å². The van der Waals surface area contributed by atoms with E-state index >= 15 is 0 Å². The molecule has 1 saturated heterocycles. The van der Waals surface area contributed by atoms with E-state index < -0.39 is 23.7 Å². The zero-order valence-corrected chi connectivity index (χ0v) is 13.9. The Bertz CT molecular complexity index is 641. The normalized spacial score (nSPS) is 18.2. The maximum atomic E-state index is 12.2. The Balaban J connectivity index is 2.20. The van der Waals surface area contributed by atoms with Gasteiger partial charge in [-0.25, -0.2) is 14.6 Å². The first-order valence-corrected chi connectivity index (χ1v) is 7.60. The predicted molar refractivity (Wildman–Crippen MR) is 86.2 cm³/mol. The summed E-state index contributed by atoms with van der Waals surface area (Å²) < 4.78 is 5.28. The molecule has 0 bridgehead atoms. The third-order valence-corrected chi connectivity index (χ3v) is 3.54. The fourth-order valence-electron chi connectivity index (χ4n) is 2.49. The van der Waals surface area contributed by atoms with Crippen molar-refractivity contribution in [3.05, 3.63) is 23.9 Å². The van der Waals surface area contributed by atoms with Crippen LogP contribution in [-0.2, 0) is 9.53 Å². The van der Waals surface area contributed by atoms with E-state index in [0.29, 0.717) is 24.2 Å². The van der Waals surface area contributed by atoms with Crippen molar-refractivity contribution in [3.63, 3.8) is 0 Å². The molecule has 0 spiro atoms. The lowest BCUT2D eigenvalue weighted by molar-refractivity contribution is -0.143. The number of carboxylic acids is 1. The van der Waals surface area contributed by atoms with Crippen molar-refractivity contribution in [2.75, 3.05) is 24.5 Å². The third-order valence-electron chi connectivity index (χ3n) is 3.54. The molecule has 0 aliphatic carbocycles. The summed E-state index contributed by atoms with van der Waals surface area (Å²) in [7, 11) is 0. The molecule has 0 aromatic carbocycles.